The minimum atomic E-state index is 0.413. The average Bonchev–Trinajstić information content (AvgIpc) is 2.26. The van der Waals surface area contributed by atoms with Gasteiger partial charge in [0.15, 0.2) is 11.5 Å². The van der Waals surface area contributed by atoms with E-state index in [2.05, 4.69) is 22.0 Å². The minimum Gasteiger partial charge on any atom is -0.493 e. The summed E-state index contributed by atoms with van der Waals surface area (Å²) in [7, 11) is 1.65. The van der Waals surface area contributed by atoms with Gasteiger partial charge >= 0.3 is 0 Å². The summed E-state index contributed by atoms with van der Waals surface area (Å²) >= 11 is 3.46. The third-order valence-corrected chi connectivity index (χ3v) is 3.08. The predicted octanol–water partition coefficient (Wildman–Crippen LogP) is 1.97. The first-order valence-corrected chi connectivity index (χ1v) is 5.73. The smallest absolute Gasteiger partial charge is 0.164 e. The maximum atomic E-state index is 5.68. The summed E-state index contributed by atoms with van der Waals surface area (Å²) < 4.78 is 12.0. The lowest BCUT2D eigenvalue weighted by molar-refractivity contribution is 0.215. The van der Waals surface area contributed by atoms with Crippen molar-refractivity contribution in [1.29, 1.82) is 0 Å². The molecule has 1 aliphatic heterocycles. The number of hydrogen-bond acceptors (Lipinski definition) is 3. The predicted molar refractivity (Wildman–Crippen MR) is 62.4 cm³/mol. The Balaban J connectivity index is 2.38. The quantitative estimate of drug-likeness (QED) is 0.895. The van der Waals surface area contributed by atoms with Gasteiger partial charge in [0.2, 0.25) is 0 Å². The van der Waals surface area contributed by atoms with Crippen molar-refractivity contribution in [2.24, 2.45) is 11.7 Å². The lowest BCUT2D eigenvalue weighted by Crippen LogP contribution is -2.27. The highest BCUT2D eigenvalue weighted by Crippen LogP contribution is 2.38. The fraction of sp³-hybridized carbons (Fsp3) is 0.455. The molecule has 1 heterocycles. The van der Waals surface area contributed by atoms with E-state index in [4.69, 9.17) is 15.2 Å². The van der Waals surface area contributed by atoms with Crippen LogP contribution in [0, 0.1) is 5.92 Å². The molecule has 1 aromatic carbocycles. The molecule has 0 saturated carbocycles. The first kappa shape index (κ1) is 10.8. The van der Waals surface area contributed by atoms with E-state index in [1.54, 1.807) is 7.11 Å². The molecule has 0 aromatic heterocycles. The van der Waals surface area contributed by atoms with Crippen molar-refractivity contribution in [1.82, 2.24) is 0 Å². The van der Waals surface area contributed by atoms with Crippen molar-refractivity contribution < 1.29 is 9.47 Å². The Morgan fingerprint density at radius 2 is 2.40 bits per heavy atom. The molecule has 15 heavy (non-hydrogen) atoms. The van der Waals surface area contributed by atoms with E-state index < -0.39 is 0 Å². The third-order valence-electron chi connectivity index (χ3n) is 2.62. The average molecular weight is 272 g/mol. The van der Waals surface area contributed by atoms with Crippen molar-refractivity contribution in [3.8, 4) is 11.5 Å². The van der Waals surface area contributed by atoms with E-state index in [9.17, 15) is 0 Å². The summed E-state index contributed by atoms with van der Waals surface area (Å²) in [5.74, 6) is 2.07. The van der Waals surface area contributed by atoms with Crippen LogP contribution in [-0.4, -0.2) is 20.3 Å². The highest BCUT2D eigenvalue weighted by molar-refractivity contribution is 9.10. The van der Waals surface area contributed by atoms with E-state index in [1.165, 1.54) is 5.56 Å². The maximum Gasteiger partial charge on any atom is 0.164 e. The van der Waals surface area contributed by atoms with Crippen LogP contribution in [0.15, 0.2) is 16.6 Å². The van der Waals surface area contributed by atoms with Crippen LogP contribution in [0.2, 0.25) is 0 Å². The van der Waals surface area contributed by atoms with Gasteiger partial charge in [-0.3, -0.25) is 0 Å². The van der Waals surface area contributed by atoms with Crippen molar-refractivity contribution >= 4 is 15.9 Å². The summed E-state index contributed by atoms with van der Waals surface area (Å²) in [4.78, 5) is 0. The van der Waals surface area contributed by atoms with Crippen LogP contribution < -0.4 is 15.2 Å². The molecule has 0 aliphatic carbocycles. The fourth-order valence-electron chi connectivity index (χ4n) is 1.81. The van der Waals surface area contributed by atoms with Crippen molar-refractivity contribution in [2.45, 2.75) is 6.42 Å². The summed E-state index contributed by atoms with van der Waals surface area (Å²) in [5, 5.41) is 0. The lowest BCUT2D eigenvalue weighted by Gasteiger charge is -2.25. The first-order valence-electron chi connectivity index (χ1n) is 4.94. The van der Waals surface area contributed by atoms with Gasteiger partial charge in [0.1, 0.15) is 0 Å². The van der Waals surface area contributed by atoms with Gasteiger partial charge < -0.3 is 15.2 Å². The molecule has 0 spiro atoms. The third kappa shape index (κ3) is 2.11. The Bertz CT molecular complexity index is 368. The summed E-state index contributed by atoms with van der Waals surface area (Å²) in [5.41, 5.74) is 6.82. The van der Waals surface area contributed by atoms with Crippen LogP contribution in [0.4, 0.5) is 0 Å². The van der Waals surface area contributed by atoms with Crippen LogP contribution in [0.3, 0.4) is 0 Å². The number of rotatable bonds is 2. The Hall–Kier alpha value is -0.740. The van der Waals surface area contributed by atoms with Gasteiger partial charge in [-0.25, -0.2) is 0 Å². The summed E-state index contributed by atoms with van der Waals surface area (Å²) in [6.45, 7) is 1.34. The molecule has 0 radical (unpaired) electrons. The Morgan fingerprint density at radius 1 is 1.60 bits per heavy atom. The molecule has 1 aromatic rings. The van der Waals surface area contributed by atoms with E-state index >= 15 is 0 Å². The maximum absolute atomic E-state index is 5.68. The van der Waals surface area contributed by atoms with Crippen LogP contribution in [-0.2, 0) is 6.42 Å². The highest BCUT2D eigenvalue weighted by atomic mass is 79.9. The number of ether oxygens (including phenoxy) is 2. The highest BCUT2D eigenvalue weighted by Gasteiger charge is 2.22. The molecule has 0 bridgehead atoms. The van der Waals surface area contributed by atoms with Gasteiger partial charge in [-0.05, 0) is 30.7 Å². The second kappa shape index (κ2) is 4.41. The first-order chi connectivity index (χ1) is 7.24. The summed E-state index contributed by atoms with van der Waals surface area (Å²) in [6, 6.07) is 3.99. The molecule has 0 fully saturated rings. The van der Waals surface area contributed by atoms with Gasteiger partial charge in [0.05, 0.1) is 13.7 Å². The molecular weight excluding hydrogens is 258 g/mol. The van der Waals surface area contributed by atoms with Crippen molar-refractivity contribution in [2.75, 3.05) is 20.3 Å². The number of halogens is 1. The zero-order valence-corrected chi connectivity index (χ0v) is 10.2. The van der Waals surface area contributed by atoms with Crippen LogP contribution in [0.1, 0.15) is 5.56 Å². The Labute approximate surface area is 97.7 Å². The molecule has 1 atom stereocenters. The molecule has 0 saturated heterocycles. The molecule has 1 unspecified atom stereocenters. The SMILES string of the molecule is COc1cc(Br)cc2c1OCC(CN)C2. The van der Waals surface area contributed by atoms with E-state index in [0.29, 0.717) is 19.1 Å². The molecule has 2 rings (SSSR count). The van der Waals surface area contributed by atoms with Crippen LogP contribution in [0.5, 0.6) is 11.5 Å². The normalized spacial score (nSPS) is 19.3. The molecule has 1 aliphatic rings. The molecule has 2 N–H and O–H groups in total. The van der Waals surface area contributed by atoms with E-state index in [1.807, 2.05) is 6.07 Å². The van der Waals surface area contributed by atoms with Crippen molar-refractivity contribution in [3.05, 3.63) is 22.2 Å². The summed E-state index contributed by atoms with van der Waals surface area (Å²) in [6.07, 6.45) is 0.960. The molecule has 0 amide bonds. The number of nitrogens with two attached hydrogens (primary N) is 1. The zero-order chi connectivity index (χ0) is 10.8. The van der Waals surface area contributed by atoms with E-state index in [0.717, 1.165) is 22.4 Å². The van der Waals surface area contributed by atoms with Crippen LogP contribution >= 0.6 is 15.9 Å². The number of fused-ring (bicyclic) bond motifs is 1. The van der Waals surface area contributed by atoms with Gasteiger partial charge in [0, 0.05) is 10.4 Å². The lowest BCUT2D eigenvalue weighted by atomic mass is 9.96. The standard InChI is InChI=1S/C11H14BrNO2/c1-14-10-4-9(12)3-8-2-7(5-13)6-15-11(8)10/h3-4,7H,2,5-6,13H2,1H3. The van der Waals surface area contributed by atoms with Crippen LogP contribution in [0.25, 0.3) is 0 Å². The van der Waals surface area contributed by atoms with Gasteiger partial charge in [-0.2, -0.15) is 0 Å². The minimum absolute atomic E-state index is 0.413. The number of benzene rings is 1. The Morgan fingerprint density at radius 3 is 3.07 bits per heavy atom. The number of methoxy groups -OCH3 is 1. The molecule has 4 heteroatoms. The largest absolute Gasteiger partial charge is 0.493 e. The second-order valence-electron chi connectivity index (χ2n) is 3.71. The number of hydrogen-bond donors (Lipinski definition) is 1. The van der Waals surface area contributed by atoms with Crippen molar-refractivity contribution in [3.63, 3.8) is 0 Å². The fourth-order valence-corrected chi connectivity index (χ4v) is 2.30. The molecular formula is C11H14BrNO2. The van der Waals surface area contributed by atoms with Gasteiger partial charge in [0.25, 0.3) is 0 Å². The topological polar surface area (TPSA) is 44.5 Å². The van der Waals surface area contributed by atoms with E-state index in [-0.39, 0.29) is 0 Å². The monoisotopic (exact) mass is 271 g/mol. The Kier molecular flexibility index (Phi) is 3.17. The van der Waals surface area contributed by atoms with Gasteiger partial charge in [-0.1, -0.05) is 15.9 Å². The zero-order valence-electron chi connectivity index (χ0n) is 8.63. The second-order valence-corrected chi connectivity index (χ2v) is 4.63. The van der Waals surface area contributed by atoms with Gasteiger partial charge in [-0.15, -0.1) is 0 Å². The molecule has 3 nitrogen and oxygen atoms in total. The molecule has 82 valence electrons.